The molecule has 0 aliphatic carbocycles. The third kappa shape index (κ3) is 3.24. The van der Waals surface area contributed by atoms with Crippen LogP contribution in [0.4, 0.5) is 15.8 Å². The van der Waals surface area contributed by atoms with E-state index in [4.69, 9.17) is 5.73 Å². The molecule has 0 saturated heterocycles. The van der Waals surface area contributed by atoms with Crippen molar-refractivity contribution in [3.8, 4) is 0 Å². The number of nitrogens with one attached hydrogen (secondary N) is 1. The Morgan fingerprint density at radius 2 is 1.93 bits per heavy atom. The van der Waals surface area contributed by atoms with Crippen molar-refractivity contribution in [2.45, 2.75) is 27.7 Å². The van der Waals surface area contributed by atoms with E-state index >= 15 is 0 Å². The van der Waals surface area contributed by atoms with E-state index in [2.05, 4.69) is 5.32 Å². The molecule has 80 valence electrons. The fourth-order valence-corrected chi connectivity index (χ4v) is 1.05. The first-order chi connectivity index (χ1) is 6.65. The van der Waals surface area contributed by atoms with Gasteiger partial charge in [-0.3, -0.25) is 0 Å². The zero-order valence-corrected chi connectivity index (χ0v) is 9.32. The number of rotatable bonds is 2. The number of aryl methyl sites for hydroxylation is 1. The summed E-state index contributed by atoms with van der Waals surface area (Å²) < 4.78 is 13.0. The molecule has 0 saturated carbocycles. The Balaban J connectivity index is 0.000000791. The summed E-state index contributed by atoms with van der Waals surface area (Å²) in [6.45, 7) is 8.38. The topological polar surface area (TPSA) is 38.0 Å². The predicted molar refractivity (Wildman–Crippen MR) is 61.1 cm³/mol. The van der Waals surface area contributed by atoms with Crippen molar-refractivity contribution in [2.24, 2.45) is 0 Å². The minimum absolute atomic E-state index is 0.222. The van der Waals surface area contributed by atoms with Gasteiger partial charge in [-0.05, 0) is 31.5 Å². The second-order valence-electron chi connectivity index (χ2n) is 2.72. The number of nitrogen functional groups attached to an aromatic ring is 1. The number of hydrogen-bond acceptors (Lipinski definition) is 2. The molecule has 0 bridgehead atoms. The highest BCUT2D eigenvalue weighted by molar-refractivity contribution is 5.67. The van der Waals surface area contributed by atoms with E-state index in [1.807, 2.05) is 20.8 Å². The Labute approximate surface area is 85.3 Å². The van der Waals surface area contributed by atoms with E-state index in [1.54, 1.807) is 13.0 Å². The highest BCUT2D eigenvalue weighted by Crippen LogP contribution is 2.21. The molecular formula is C11H19FN2. The quantitative estimate of drug-likeness (QED) is 0.716. The van der Waals surface area contributed by atoms with Crippen molar-refractivity contribution in [2.75, 3.05) is 17.6 Å². The monoisotopic (exact) mass is 198 g/mol. The number of benzene rings is 1. The van der Waals surface area contributed by atoms with E-state index < -0.39 is 0 Å². The van der Waals surface area contributed by atoms with Crippen LogP contribution in [0.5, 0.6) is 0 Å². The van der Waals surface area contributed by atoms with E-state index in [1.165, 1.54) is 6.07 Å². The Morgan fingerprint density at radius 1 is 1.36 bits per heavy atom. The van der Waals surface area contributed by atoms with Crippen molar-refractivity contribution in [3.63, 3.8) is 0 Å². The molecule has 0 aliphatic heterocycles. The fourth-order valence-electron chi connectivity index (χ4n) is 1.05. The van der Waals surface area contributed by atoms with Gasteiger partial charge in [-0.2, -0.15) is 0 Å². The molecule has 3 heteroatoms. The number of hydrogen-bond donors (Lipinski definition) is 2. The Bertz CT molecular complexity index is 285. The first kappa shape index (κ1) is 12.8. The molecule has 0 heterocycles. The largest absolute Gasteiger partial charge is 0.397 e. The van der Waals surface area contributed by atoms with Crippen LogP contribution in [0.2, 0.25) is 0 Å². The minimum atomic E-state index is -0.222. The molecule has 1 rings (SSSR count). The molecule has 2 nitrogen and oxygen atoms in total. The van der Waals surface area contributed by atoms with Crippen LogP contribution < -0.4 is 11.1 Å². The molecule has 0 atom stereocenters. The van der Waals surface area contributed by atoms with Crippen LogP contribution in [0.1, 0.15) is 26.3 Å². The first-order valence-corrected chi connectivity index (χ1v) is 4.94. The van der Waals surface area contributed by atoms with E-state index in [0.29, 0.717) is 16.9 Å². The van der Waals surface area contributed by atoms with Crippen LogP contribution in [0.25, 0.3) is 0 Å². The van der Waals surface area contributed by atoms with Gasteiger partial charge in [0.05, 0.1) is 11.4 Å². The van der Waals surface area contributed by atoms with Crippen molar-refractivity contribution < 1.29 is 4.39 Å². The average molecular weight is 198 g/mol. The highest BCUT2D eigenvalue weighted by atomic mass is 19.1. The van der Waals surface area contributed by atoms with Crippen LogP contribution in [0, 0.1) is 12.7 Å². The molecule has 1 aromatic rings. The van der Waals surface area contributed by atoms with Crippen LogP contribution in [0.3, 0.4) is 0 Å². The molecule has 3 N–H and O–H groups in total. The second-order valence-corrected chi connectivity index (χ2v) is 2.72. The minimum Gasteiger partial charge on any atom is -0.397 e. The van der Waals surface area contributed by atoms with Gasteiger partial charge in [0, 0.05) is 6.54 Å². The molecule has 1 aromatic carbocycles. The molecule has 0 unspecified atom stereocenters. The van der Waals surface area contributed by atoms with Gasteiger partial charge in [-0.25, -0.2) is 4.39 Å². The van der Waals surface area contributed by atoms with Gasteiger partial charge in [-0.1, -0.05) is 13.8 Å². The van der Waals surface area contributed by atoms with Crippen LogP contribution in [-0.4, -0.2) is 6.54 Å². The van der Waals surface area contributed by atoms with Gasteiger partial charge in [0.2, 0.25) is 0 Å². The van der Waals surface area contributed by atoms with E-state index in [9.17, 15) is 4.39 Å². The highest BCUT2D eigenvalue weighted by Gasteiger charge is 2.02. The van der Waals surface area contributed by atoms with Crippen LogP contribution in [-0.2, 0) is 0 Å². The van der Waals surface area contributed by atoms with Crippen molar-refractivity contribution in [3.05, 3.63) is 23.5 Å². The summed E-state index contributed by atoms with van der Waals surface area (Å²) in [4.78, 5) is 0. The second kappa shape index (κ2) is 6.24. The molecule has 0 aliphatic rings. The summed E-state index contributed by atoms with van der Waals surface area (Å²) >= 11 is 0. The third-order valence-electron chi connectivity index (χ3n) is 1.70. The maximum absolute atomic E-state index is 13.0. The maximum atomic E-state index is 13.0. The summed E-state index contributed by atoms with van der Waals surface area (Å²) in [5.74, 6) is -0.222. The van der Waals surface area contributed by atoms with E-state index in [-0.39, 0.29) is 5.82 Å². The number of halogens is 1. The lowest BCUT2D eigenvalue weighted by molar-refractivity contribution is 0.619. The molecule has 0 amide bonds. The smallest absolute Gasteiger partial charge is 0.128 e. The third-order valence-corrected chi connectivity index (χ3v) is 1.70. The summed E-state index contributed by atoms with van der Waals surface area (Å²) in [6, 6.07) is 3.06. The lowest BCUT2D eigenvalue weighted by Gasteiger charge is -2.08. The molecule has 0 radical (unpaired) electrons. The zero-order valence-electron chi connectivity index (χ0n) is 9.32. The zero-order chi connectivity index (χ0) is 11.1. The summed E-state index contributed by atoms with van der Waals surface area (Å²) in [6.07, 6.45) is 0. The van der Waals surface area contributed by atoms with Crippen LogP contribution >= 0.6 is 0 Å². The summed E-state index contributed by atoms with van der Waals surface area (Å²) in [5.41, 5.74) is 7.49. The van der Waals surface area contributed by atoms with Gasteiger partial charge in [0.1, 0.15) is 5.82 Å². The SMILES string of the molecule is CC.CCNc1cc(F)c(C)cc1N. The van der Waals surface area contributed by atoms with Gasteiger partial charge >= 0.3 is 0 Å². The van der Waals surface area contributed by atoms with Crippen molar-refractivity contribution in [1.82, 2.24) is 0 Å². The van der Waals surface area contributed by atoms with Gasteiger partial charge in [0.15, 0.2) is 0 Å². The van der Waals surface area contributed by atoms with E-state index in [0.717, 1.165) is 6.54 Å². The van der Waals surface area contributed by atoms with Crippen molar-refractivity contribution >= 4 is 11.4 Å². The number of anilines is 2. The standard InChI is InChI=1S/C9H13FN2.C2H6/c1-3-12-9-5-7(10)6(2)4-8(9)11;1-2/h4-5,12H,3,11H2,1-2H3;1-2H3. The lowest BCUT2D eigenvalue weighted by Crippen LogP contribution is -2.02. The Hall–Kier alpha value is -1.25. The molecule has 14 heavy (non-hydrogen) atoms. The molecular weight excluding hydrogens is 179 g/mol. The Kier molecular flexibility index (Phi) is 5.68. The summed E-state index contributed by atoms with van der Waals surface area (Å²) in [5, 5.41) is 2.98. The molecule has 0 aromatic heterocycles. The van der Waals surface area contributed by atoms with Crippen molar-refractivity contribution in [1.29, 1.82) is 0 Å². The lowest BCUT2D eigenvalue weighted by atomic mass is 10.2. The van der Waals surface area contributed by atoms with Gasteiger partial charge in [0.25, 0.3) is 0 Å². The first-order valence-electron chi connectivity index (χ1n) is 4.94. The van der Waals surface area contributed by atoms with Gasteiger partial charge < -0.3 is 11.1 Å². The van der Waals surface area contributed by atoms with Crippen LogP contribution in [0.15, 0.2) is 12.1 Å². The maximum Gasteiger partial charge on any atom is 0.128 e. The number of nitrogens with two attached hydrogens (primary N) is 1. The predicted octanol–water partition coefficient (Wildman–Crippen LogP) is 3.17. The average Bonchev–Trinajstić information content (AvgIpc) is 2.18. The molecule has 0 spiro atoms. The Morgan fingerprint density at radius 3 is 2.43 bits per heavy atom. The summed E-state index contributed by atoms with van der Waals surface area (Å²) in [7, 11) is 0. The molecule has 0 fully saturated rings. The fraction of sp³-hybridized carbons (Fsp3) is 0.455. The van der Waals surface area contributed by atoms with Gasteiger partial charge in [-0.15, -0.1) is 0 Å². The normalized spacial score (nSPS) is 8.93.